The Morgan fingerprint density at radius 3 is 2.49 bits per heavy atom. The lowest BCUT2D eigenvalue weighted by atomic mass is 9.85. The number of aryl methyl sites for hydroxylation is 3. The van der Waals surface area contributed by atoms with E-state index in [1.807, 2.05) is 65.0 Å². The smallest absolute Gasteiger partial charge is 0.319 e. The molecule has 4 aliphatic rings. The average Bonchev–Trinajstić information content (AvgIpc) is 2.89. The Hall–Kier alpha value is -7.23. The summed E-state index contributed by atoms with van der Waals surface area (Å²) in [6, 6.07) is 19.4. The van der Waals surface area contributed by atoms with Gasteiger partial charge in [-0.2, -0.15) is 9.97 Å². The van der Waals surface area contributed by atoms with Crippen LogP contribution in [0.4, 0.5) is 10.2 Å². The number of anilines is 1. The number of phenolic OH excluding ortho intramolecular Hbond substituents is 1. The van der Waals surface area contributed by atoms with Crippen LogP contribution in [0.2, 0.25) is 0 Å². The van der Waals surface area contributed by atoms with E-state index in [1.165, 1.54) is 27.7 Å². The predicted molar refractivity (Wildman–Crippen MR) is 317 cm³/mol. The molecule has 4 aromatic carbocycles. The number of nitrogens with zero attached hydrogens (tertiary/aromatic N) is 6. The number of terminal acetylenes is 1. The number of carbonyl (C=O) groups excluding carboxylic acids is 3. The van der Waals surface area contributed by atoms with Crippen molar-refractivity contribution >= 4 is 45.2 Å². The third-order valence-corrected chi connectivity index (χ3v) is 17.1. The van der Waals surface area contributed by atoms with E-state index in [2.05, 4.69) is 74.8 Å². The van der Waals surface area contributed by atoms with Gasteiger partial charge in [0.2, 0.25) is 17.7 Å². The minimum absolute atomic E-state index is 0.0183. The quantitative estimate of drug-likeness (QED) is 0.0407. The van der Waals surface area contributed by atoms with Gasteiger partial charge in [0.15, 0.2) is 5.82 Å². The largest absolute Gasteiger partial charge is 0.508 e. The topological polar surface area (TPSA) is 195 Å². The Morgan fingerprint density at radius 1 is 0.951 bits per heavy atom. The van der Waals surface area contributed by atoms with Crippen LogP contribution in [-0.4, -0.2) is 142 Å². The Balaban J connectivity index is 0.736. The Kier molecular flexibility index (Phi) is 17.5. The molecule has 16 nitrogen and oxygen atoms in total. The molecule has 0 saturated carbocycles. The summed E-state index contributed by atoms with van der Waals surface area (Å²) in [6.45, 7) is 18.4. The van der Waals surface area contributed by atoms with Crippen molar-refractivity contribution in [3.8, 4) is 46.5 Å². The van der Waals surface area contributed by atoms with Crippen molar-refractivity contribution in [3.05, 3.63) is 107 Å². The Bertz CT molecular complexity index is 3380. The molecule has 5 N–H and O–H groups in total. The molecule has 6 heterocycles. The van der Waals surface area contributed by atoms with Crippen molar-refractivity contribution in [2.75, 3.05) is 64.0 Å². The number of rotatable bonds is 18. The fourth-order valence-electron chi connectivity index (χ4n) is 12.7. The molecule has 2 bridgehead atoms. The first-order valence-electron chi connectivity index (χ1n) is 29.1. The van der Waals surface area contributed by atoms with Gasteiger partial charge in [-0.3, -0.25) is 24.3 Å². The molecule has 0 spiro atoms. The maximum absolute atomic E-state index is 17.3. The molecule has 0 aliphatic carbocycles. The molecule has 6 aromatic rings. The van der Waals surface area contributed by atoms with Crippen molar-refractivity contribution < 1.29 is 38.5 Å². The van der Waals surface area contributed by atoms with Gasteiger partial charge in [0, 0.05) is 80.4 Å². The number of hydrogen-bond acceptors (Lipinski definition) is 13. The second-order valence-electron chi connectivity index (χ2n) is 24.2. The lowest BCUT2D eigenvalue weighted by Crippen LogP contribution is -2.58. The summed E-state index contributed by atoms with van der Waals surface area (Å²) in [5.41, 5.74) is 6.76. The Morgan fingerprint density at radius 2 is 1.73 bits per heavy atom. The molecule has 432 valence electrons. The molecule has 4 fully saturated rings. The monoisotopic (exact) mass is 1120 g/mol. The molecule has 4 saturated heterocycles. The number of nitrogens with one attached hydrogen (secondary N) is 3. The van der Waals surface area contributed by atoms with Crippen LogP contribution < -0.4 is 25.6 Å². The van der Waals surface area contributed by atoms with E-state index in [0.717, 1.165) is 68.6 Å². The number of hydrogen-bond donors (Lipinski definition) is 5. The standard InChI is InChI=1S/C65H78FN9O7/c1-9-50-38(2)16-17-45-30-48(76)31-51(56(45)50)58-57(66)59-52(34-68-58)61(74-26-22-42-29-46(35-74)67-33-42)72-64(71-59)82-37-47-15-11-24-73(47)25-12-27-81-28-23-54(78)70-60(65(6,7)8)63(80)75-36-49(77)32-53(75)62(79)69-41(5)43-18-20-44(21-19-43)55-39(3)13-10-14-40(55)4/h1,10,13-14,16-21,30-31,34,41-42,46-47,49,53,60,67,76-77H,11-12,15,22-29,32-33,35-37H2,2-8H3,(H,69,79)(H,70,78)/t41-,42?,46?,47-,49+,53-,60+/m0/s1. The lowest BCUT2D eigenvalue weighted by Gasteiger charge is -2.35. The van der Waals surface area contributed by atoms with Crippen LogP contribution in [0.15, 0.2) is 72.9 Å². The molecule has 17 heteroatoms. The van der Waals surface area contributed by atoms with Gasteiger partial charge < -0.3 is 45.4 Å². The zero-order chi connectivity index (χ0) is 58.0. The van der Waals surface area contributed by atoms with E-state index in [-0.39, 0.29) is 85.5 Å². The Labute approximate surface area is 480 Å². The number of aromatic hydroxyl groups is 1. The van der Waals surface area contributed by atoms with Gasteiger partial charge in [0.25, 0.3) is 0 Å². The number of aliphatic hydroxyl groups is 1. The van der Waals surface area contributed by atoms with E-state index >= 15 is 4.39 Å². The lowest BCUT2D eigenvalue weighted by molar-refractivity contribution is -0.144. The molecule has 10 rings (SSSR count). The fraction of sp³-hybridized carbons (Fsp3) is 0.477. The van der Waals surface area contributed by atoms with Crippen LogP contribution >= 0.6 is 0 Å². The minimum atomic E-state index is -0.954. The van der Waals surface area contributed by atoms with Crippen molar-refractivity contribution in [2.24, 2.45) is 11.3 Å². The molecule has 7 atom stereocenters. The number of β-amino-alcohol motifs (C(OH)–C–C–N with tert-alkyl or cyclic N) is 1. The molecule has 2 aromatic heterocycles. The summed E-state index contributed by atoms with van der Waals surface area (Å²) in [5.74, 6) is 2.07. The molecule has 2 unspecified atom stereocenters. The van der Waals surface area contributed by atoms with Crippen LogP contribution in [0.3, 0.4) is 0 Å². The molecular formula is C65H78FN9O7. The third kappa shape index (κ3) is 12.6. The second-order valence-corrected chi connectivity index (χ2v) is 24.2. The number of halogens is 1. The zero-order valence-corrected chi connectivity index (χ0v) is 48.4. The molecule has 0 radical (unpaired) electrons. The van der Waals surface area contributed by atoms with Crippen molar-refractivity contribution in [1.29, 1.82) is 0 Å². The number of carbonyl (C=O) groups is 3. The van der Waals surface area contributed by atoms with Gasteiger partial charge in [0.05, 0.1) is 24.1 Å². The SMILES string of the molecule is C#Cc1c(C)ccc2cc(O)cc(-c3ncc4c(N5CCC6CNC(C6)C5)nc(OC[C@@H]5CCCN5CCCOCCC(=O)N[C@H](C(=O)N5C[C@H](O)C[C@H]5C(=O)N[C@@H](C)c5ccc(-c6c(C)cccc6C)cc5)C(C)(C)C)nc4c3F)c12. The highest BCUT2D eigenvalue weighted by molar-refractivity contribution is 6.03. The number of amides is 3. The maximum atomic E-state index is 17.3. The number of pyridine rings is 1. The van der Waals surface area contributed by atoms with E-state index in [9.17, 15) is 24.6 Å². The summed E-state index contributed by atoms with van der Waals surface area (Å²) >= 11 is 0. The molecule has 4 aliphatic heterocycles. The number of phenols is 1. The summed E-state index contributed by atoms with van der Waals surface area (Å²) in [4.78, 5) is 62.0. The first-order valence-corrected chi connectivity index (χ1v) is 29.1. The van der Waals surface area contributed by atoms with Crippen LogP contribution in [0.25, 0.3) is 44.1 Å². The van der Waals surface area contributed by atoms with E-state index in [4.69, 9.17) is 25.9 Å². The van der Waals surface area contributed by atoms with Crippen molar-refractivity contribution in [2.45, 2.75) is 130 Å². The highest BCUT2D eigenvalue weighted by atomic mass is 19.1. The maximum Gasteiger partial charge on any atom is 0.319 e. The number of ether oxygens (including phenoxy) is 2. The van der Waals surface area contributed by atoms with Gasteiger partial charge in [0.1, 0.15) is 41.5 Å². The first-order chi connectivity index (χ1) is 39.3. The third-order valence-electron chi connectivity index (χ3n) is 17.1. The number of likely N-dealkylation sites (tertiary alicyclic amines) is 2. The summed E-state index contributed by atoms with van der Waals surface area (Å²) in [5, 5.41) is 33.0. The number of aliphatic hydroxyl groups excluding tert-OH is 1. The van der Waals surface area contributed by atoms with Crippen LogP contribution in [-0.2, 0) is 19.1 Å². The van der Waals surface area contributed by atoms with Crippen LogP contribution in [0, 0.1) is 50.3 Å². The number of aromatic nitrogens is 3. The highest BCUT2D eigenvalue weighted by Gasteiger charge is 2.45. The predicted octanol–water partition coefficient (Wildman–Crippen LogP) is 8.46. The zero-order valence-electron chi connectivity index (χ0n) is 48.4. The minimum Gasteiger partial charge on any atom is -0.508 e. The summed E-state index contributed by atoms with van der Waals surface area (Å²) in [7, 11) is 0. The van der Waals surface area contributed by atoms with Gasteiger partial charge in [-0.25, -0.2) is 4.39 Å². The van der Waals surface area contributed by atoms with E-state index in [1.54, 1.807) is 12.3 Å². The second kappa shape index (κ2) is 24.7. The average molecular weight is 1120 g/mol. The fourth-order valence-corrected chi connectivity index (χ4v) is 12.7. The van der Waals surface area contributed by atoms with Gasteiger partial charge in [-0.15, -0.1) is 6.42 Å². The van der Waals surface area contributed by atoms with Gasteiger partial charge in [-0.1, -0.05) is 81.3 Å². The number of fused-ring (bicyclic) bond motifs is 4. The van der Waals surface area contributed by atoms with E-state index < -0.39 is 35.3 Å². The summed E-state index contributed by atoms with van der Waals surface area (Å²) < 4.78 is 29.7. The molecule has 82 heavy (non-hydrogen) atoms. The van der Waals surface area contributed by atoms with Crippen molar-refractivity contribution in [3.63, 3.8) is 0 Å². The normalized spacial score (nSPS) is 20.9. The van der Waals surface area contributed by atoms with Crippen LogP contribution in [0.5, 0.6) is 11.8 Å². The van der Waals surface area contributed by atoms with Crippen molar-refractivity contribution in [1.82, 2.24) is 40.7 Å². The first kappa shape index (κ1) is 58.0. The molecule has 3 amide bonds. The molecular weight excluding hydrogens is 1040 g/mol. The number of benzene rings is 4. The summed E-state index contributed by atoms with van der Waals surface area (Å²) in [6.07, 6.45) is 11.5. The van der Waals surface area contributed by atoms with E-state index in [0.29, 0.717) is 58.6 Å². The highest BCUT2D eigenvalue weighted by Crippen LogP contribution is 2.40. The van der Waals surface area contributed by atoms with Gasteiger partial charge in [-0.05, 0) is 135 Å². The van der Waals surface area contributed by atoms with Crippen LogP contribution in [0.1, 0.15) is 106 Å². The van der Waals surface area contributed by atoms with Gasteiger partial charge >= 0.3 is 6.01 Å².